The van der Waals surface area contributed by atoms with Crippen molar-refractivity contribution in [3.8, 4) is 5.75 Å². The van der Waals surface area contributed by atoms with E-state index in [-0.39, 0.29) is 0 Å². The van der Waals surface area contributed by atoms with E-state index in [9.17, 15) is 0 Å². The van der Waals surface area contributed by atoms with Gasteiger partial charge >= 0.3 is 7.12 Å². The molecule has 102 valence electrons. The maximum absolute atomic E-state index is 9.10. The van der Waals surface area contributed by atoms with Crippen molar-refractivity contribution in [1.29, 1.82) is 0 Å². The van der Waals surface area contributed by atoms with E-state index < -0.39 is 7.12 Å². The predicted octanol–water partition coefficient (Wildman–Crippen LogP) is 0.829. The maximum Gasteiger partial charge on any atom is 0.490 e. The second-order valence-corrected chi connectivity index (χ2v) is 5.07. The van der Waals surface area contributed by atoms with Crippen LogP contribution in [0.3, 0.4) is 0 Å². The molecule has 1 aliphatic rings. The average Bonchev–Trinajstić information content (AvgIpc) is 2.93. The summed E-state index contributed by atoms with van der Waals surface area (Å²) in [7, 11) is -1.52. The largest absolute Gasteiger partial charge is 0.490 e. The Morgan fingerprint density at radius 1 is 1.10 bits per heavy atom. The maximum atomic E-state index is 9.10. The van der Waals surface area contributed by atoms with Crippen molar-refractivity contribution in [3.05, 3.63) is 53.3 Å². The highest BCUT2D eigenvalue weighted by Crippen LogP contribution is 2.23. The van der Waals surface area contributed by atoms with Crippen LogP contribution in [0.25, 0.3) is 0 Å². The highest BCUT2D eigenvalue weighted by molar-refractivity contribution is 6.58. The van der Waals surface area contributed by atoms with Gasteiger partial charge in [-0.05, 0) is 42.0 Å². The normalized spacial score (nSPS) is 13.1. The first-order valence-corrected chi connectivity index (χ1v) is 6.77. The van der Waals surface area contributed by atoms with E-state index in [0.29, 0.717) is 17.8 Å². The molecular formula is C15H16BNO3. The van der Waals surface area contributed by atoms with Crippen LogP contribution in [0.4, 0.5) is 0 Å². The van der Waals surface area contributed by atoms with Gasteiger partial charge in [0.05, 0.1) is 6.20 Å². The fraction of sp³-hybridized carbons (Fsp3) is 0.267. The predicted molar refractivity (Wildman–Crippen MR) is 76.9 cm³/mol. The third-order valence-corrected chi connectivity index (χ3v) is 3.60. The molecule has 0 amide bonds. The van der Waals surface area contributed by atoms with Gasteiger partial charge in [-0.2, -0.15) is 0 Å². The molecule has 0 saturated heterocycles. The van der Waals surface area contributed by atoms with E-state index in [4.69, 9.17) is 14.8 Å². The molecule has 2 aromatic rings. The first-order chi connectivity index (χ1) is 9.72. The van der Waals surface area contributed by atoms with Crippen LogP contribution >= 0.6 is 0 Å². The number of rotatable bonds is 4. The van der Waals surface area contributed by atoms with Gasteiger partial charge < -0.3 is 14.8 Å². The van der Waals surface area contributed by atoms with Crippen LogP contribution in [0.15, 0.2) is 36.7 Å². The lowest BCUT2D eigenvalue weighted by molar-refractivity contribution is 0.305. The molecule has 1 aromatic heterocycles. The Hall–Kier alpha value is -1.85. The Bertz CT molecular complexity index is 616. The van der Waals surface area contributed by atoms with Crippen LogP contribution in [-0.4, -0.2) is 22.2 Å². The molecule has 5 heteroatoms. The molecule has 4 nitrogen and oxygen atoms in total. The van der Waals surface area contributed by atoms with Gasteiger partial charge in [-0.15, -0.1) is 0 Å². The van der Waals surface area contributed by atoms with Crippen LogP contribution in [0.5, 0.6) is 5.75 Å². The SMILES string of the molecule is OB(O)c1cncc(OCc2ccc3c(c2)CCC3)c1. The minimum atomic E-state index is -1.52. The summed E-state index contributed by atoms with van der Waals surface area (Å²) >= 11 is 0. The summed E-state index contributed by atoms with van der Waals surface area (Å²) in [6, 6.07) is 8.04. The van der Waals surface area contributed by atoms with Crippen molar-refractivity contribution < 1.29 is 14.8 Å². The van der Waals surface area contributed by atoms with Gasteiger partial charge in [0.2, 0.25) is 0 Å². The lowest BCUT2D eigenvalue weighted by atomic mass is 9.82. The first-order valence-electron chi connectivity index (χ1n) is 6.77. The quantitative estimate of drug-likeness (QED) is 0.807. The second-order valence-electron chi connectivity index (χ2n) is 5.07. The van der Waals surface area contributed by atoms with Crippen LogP contribution in [0.2, 0.25) is 0 Å². The molecule has 2 N–H and O–H groups in total. The van der Waals surface area contributed by atoms with E-state index in [1.165, 1.54) is 30.2 Å². The van der Waals surface area contributed by atoms with E-state index in [2.05, 4.69) is 23.2 Å². The molecule has 0 fully saturated rings. The van der Waals surface area contributed by atoms with Gasteiger partial charge in [-0.3, -0.25) is 4.98 Å². The molecule has 0 aliphatic heterocycles. The lowest BCUT2D eigenvalue weighted by Gasteiger charge is -2.09. The van der Waals surface area contributed by atoms with Gasteiger partial charge in [-0.25, -0.2) is 0 Å². The third kappa shape index (κ3) is 2.84. The number of fused-ring (bicyclic) bond motifs is 1. The van der Waals surface area contributed by atoms with Crippen LogP contribution in [-0.2, 0) is 19.4 Å². The number of nitrogens with zero attached hydrogens (tertiary/aromatic N) is 1. The summed E-state index contributed by atoms with van der Waals surface area (Å²) < 4.78 is 5.66. The Morgan fingerprint density at radius 3 is 2.80 bits per heavy atom. The molecule has 0 unspecified atom stereocenters. The van der Waals surface area contributed by atoms with Crippen molar-refractivity contribution in [2.45, 2.75) is 25.9 Å². The second kappa shape index (κ2) is 5.65. The van der Waals surface area contributed by atoms with Crippen molar-refractivity contribution in [2.75, 3.05) is 0 Å². The minimum absolute atomic E-state index is 0.330. The summed E-state index contributed by atoms with van der Waals surface area (Å²) in [6.45, 7) is 0.458. The Morgan fingerprint density at radius 2 is 1.95 bits per heavy atom. The Kier molecular flexibility index (Phi) is 3.71. The summed E-state index contributed by atoms with van der Waals surface area (Å²) in [6.07, 6.45) is 6.54. The van der Waals surface area contributed by atoms with Gasteiger partial charge in [0.1, 0.15) is 12.4 Å². The van der Waals surface area contributed by atoms with Gasteiger partial charge in [-0.1, -0.05) is 18.2 Å². The molecule has 0 atom stereocenters. The lowest BCUT2D eigenvalue weighted by Crippen LogP contribution is -2.30. The number of aryl methyl sites for hydroxylation is 2. The molecule has 1 heterocycles. The van der Waals surface area contributed by atoms with Crippen molar-refractivity contribution >= 4 is 12.6 Å². The van der Waals surface area contributed by atoms with Crippen LogP contribution in [0.1, 0.15) is 23.1 Å². The van der Waals surface area contributed by atoms with Crippen LogP contribution in [0, 0.1) is 0 Å². The zero-order chi connectivity index (χ0) is 13.9. The van der Waals surface area contributed by atoms with Gasteiger partial charge in [0.25, 0.3) is 0 Å². The summed E-state index contributed by atoms with van der Waals surface area (Å²) in [4.78, 5) is 3.93. The molecule has 0 spiro atoms. The van der Waals surface area contributed by atoms with Gasteiger partial charge in [0, 0.05) is 11.7 Å². The molecule has 1 aliphatic carbocycles. The monoisotopic (exact) mass is 269 g/mol. The molecule has 1 aromatic carbocycles. The molecule has 0 bridgehead atoms. The number of hydrogen-bond acceptors (Lipinski definition) is 4. The summed E-state index contributed by atoms with van der Waals surface area (Å²) in [5.41, 5.74) is 4.32. The minimum Gasteiger partial charge on any atom is -0.487 e. The number of aromatic nitrogens is 1. The van der Waals surface area contributed by atoms with Crippen molar-refractivity contribution in [2.24, 2.45) is 0 Å². The topological polar surface area (TPSA) is 62.6 Å². The number of ether oxygens (including phenoxy) is 1. The Labute approximate surface area is 118 Å². The van der Waals surface area contributed by atoms with E-state index in [0.717, 1.165) is 12.0 Å². The highest BCUT2D eigenvalue weighted by atomic mass is 16.5. The third-order valence-electron chi connectivity index (χ3n) is 3.60. The number of hydrogen-bond donors (Lipinski definition) is 2. The highest BCUT2D eigenvalue weighted by Gasteiger charge is 2.13. The molecule has 3 rings (SSSR count). The molecule has 20 heavy (non-hydrogen) atoms. The number of benzene rings is 1. The molecule has 0 radical (unpaired) electrons. The van der Waals surface area contributed by atoms with E-state index >= 15 is 0 Å². The standard InChI is InChI=1S/C15H16BNO3/c18-16(19)14-7-15(9-17-8-14)20-10-11-4-5-12-2-1-3-13(12)6-11/h4-9,18-19H,1-3,10H2. The fourth-order valence-corrected chi connectivity index (χ4v) is 2.54. The van der Waals surface area contributed by atoms with Crippen molar-refractivity contribution in [3.63, 3.8) is 0 Å². The van der Waals surface area contributed by atoms with Crippen LogP contribution < -0.4 is 10.2 Å². The summed E-state index contributed by atoms with van der Waals surface area (Å²) in [5.74, 6) is 0.538. The Balaban J connectivity index is 1.69. The fourth-order valence-electron chi connectivity index (χ4n) is 2.54. The first kappa shape index (κ1) is 13.2. The van der Waals surface area contributed by atoms with Crippen molar-refractivity contribution in [1.82, 2.24) is 4.98 Å². The average molecular weight is 269 g/mol. The smallest absolute Gasteiger partial charge is 0.487 e. The van der Waals surface area contributed by atoms with Gasteiger partial charge in [0.15, 0.2) is 0 Å². The number of pyridine rings is 1. The zero-order valence-electron chi connectivity index (χ0n) is 11.1. The zero-order valence-corrected chi connectivity index (χ0v) is 11.1. The molecular weight excluding hydrogens is 253 g/mol. The summed E-state index contributed by atoms with van der Waals surface area (Å²) in [5, 5.41) is 18.2. The molecule has 0 saturated carbocycles. The van der Waals surface area contributed by atoms with E-state index in [1.54, 1.807) is 12.3 Å². The van der Waals surface area contributed by atoms with E-state index in [1.807, 2.05) is 0 Å².